The van der Waals surface area contributed by atoms with Crippen molar-refractivity contribution in [2.75, 3.05) is 7.11 Å². The monoisotopic (exact) mass is 574 g/mol. The fraction of sp³-hybridized carbons (Fsp3) is 0.154. The molecule has 0 spiro atoms. The zero-order valence-electron chi connectivity index (χ0n) is 19.1. The number of nitrogens with one attached hydrogen (secondary N) is 1. The number of halogens is 3. The van der Waals surface area contributed by atoms with Crippen molar-refractivity contribution in [2.24, 2.45) is 4.99 Å². The second-order valence-electron chi connectivity index (χ2n) is 7.83. The quantitative estimate of drug-likeness (QED) is 0.313. The predicted octanol–water partition coefficient (Wildman–Crippen LogP) is 7.34. The lowest BCUT2D eigenvalue weighted by atomic mass is 10.1. The van der Waals surface area contributed by atoms with Crippen LogP contribution in [0.2, 0.25) is 5.02 Å². The number of carbonyl (C=O) groups is 1. The fourth-order valence-corrected chi connectivity index (χ4v) is 4.83. The van der Waals surface area contributed by atoms with Gasteiger partial charge in [0.15, 0.2) is 16.7 Å². The number of amides is 1. The summed E-state index contributed by atoms with van der Waals surface area (Å²) in [6.45, 7) is 4.12. The van der Waals surface area contributed by atoms with Crippen molar-refractivity contribution in [3.8, 4) is 11.5 Å². The Bertz CT molecular complexity index is 1350. The molecule has 3 aromatic carbocycles. The van der Waals surface area contributed by atoms with E-state index in [1.54, 1.807) is 30.3 Å². The molecule has 0 bridgehead atoms. The number of carbonyl (C=O) groups excluding carboxylic acids is 1. The topological polar surface area (TPSA) is 59.9 Å². The van der Waals surface area contributed by atoms with Crippen LogP contribution in [-0.2, 0) is 11.4 Å². The maximum Gasteiger partial charge on any atom is 0.264 e. The van der Waals surface area contributed by atoms with E-state index in [9.17, 15) is 9.18 Å². The lowest BCUT2D eigenvalue weighted by Crippen LogP contribution is -2.19. The zero-order valence-corrected chi connectivity index (χ0v) is 22.3. The lowest BCUT2D eigenvalue weighted by Gasteiger charge is -2.13. The molecule has 0 unspecified atom stereocenters. The number of hydrogen-bond donors (Lipinski definition) is 1. The van der Waals surface area contributed by atoms with E-state index >= 15 is 0 Å². The SMILES string of the molecule is COc1cc(/C=C2\SC(=Nc3cc(C)c(Br)c(C)c3)NC2=O)cc(Cl)c1OCc1cccc(F)c1. The van der Waals surface area contributed by atoms with Crippen LogP contribution >= 0.6 is 39.3 Å². The highest BCUT2D eigenvalue weighted by atomic mass is 79.9. The molecular formula is C26H21BrClFN2O3S. The molecule has 3 aromatic rings. The van der Waals surface area contributed by atoms with Crippen LogP contribution in [0.3, 0.4) is 0 Å². The van der Waals surface area contributed by atoms with Crippen molar-refractivity contribution in [1.82, 2.24) is 5.32 Å². The summed E-state index contributed by atoms with van der Waals surface area (Å²) in [5.74, 6) is 0.152. The average molecular weight is 576 g/mol. The normalized spacial score (nSPS) is 15.5. The first-order valence-corrected chi connectivity index (χ1v) is 12.5. The third kappa shape index (κ3) is 6.07. The Morgan fingerprint density at radius 1 is 1.17 bits per heavy atom. The number of benzene rings is 3. The molecular weight excluding hydrogens is 555 g/mol. The van der Waals surface area contributed by atoms with E-state index in [0.29, 0.717) is 37.7 Å². The highest BCUT2D eigenvalue weighted by Crippen LogP contribution is 2.39. The van der Waals surface area contributed by atoms with Gasteiger partial charge in [-0.1, -0.05) is 39.7 Å². The summed E-state index contributed by atoms with van der Waals surface area (Å²) in [7, 11) is 1.50. The average Bonchev–Trinajstić information content (AvgIpc) is 3.14. The molecule has 1 saturated heterocycles. The first-order valence-electron chi connectivity index (χ1n) is 10.5. The zero-order chi connectivity index (χ0) is 25.1. The first-order chi connectivity index (χ1) is 16.7. The van der Waals surface area contributed by atoms with Crippen molar-refractivity contribution < 1.29 is 18.7 Å². The minimum atomic E-state index is -0.341. The van der Waals surface area contributed by atoms with E-state index < -0.39 is 0 Å². The van der Waals surface area contributed by atoms with Crippen LogP contribution in [-0.4, -0.2) is 18.2 Å². The van der Waals surface area contributed by atoms with Gasteiger partial charge in [-0.25, -0.2) is 9.38 Å². The Hall–Kier alpha value is -2.81. The minimum absolute atomic E-state index is 0.126. The maximum absolute atomic E-state index is 13.4. The molecule has 0 aliphatic carbocycles. The number of amidine groups is 1. The van der Waals surface area contributed by atoms with Gasteiger partial charge >= 0.3 is 0 Å². The first kappa shape index (κ1) is 25.3. The minimum Gasteiger partial charge on any atom is -0.493 e. The lowest BCUT2D eigenvalue weighted by molar-refractivity contribution is -0.115. The van der Waals surface area contributed by atoms with Crippen molar-refractivity contribution in [3.63, 3.8) is 0 Å². The highest BCUT2D eigenvalue weighted by molar-refractivity contribution is 9.10. The van der Waals surface area contributed by atoms with Crippen molar-refractivity contribution >= 4 is 62.1 Å². The smallest absolute Gasteiger partial charge is 0.264 e. The summed E-state index contributed by atoms with van der Waals surface area (Å²) in [4.78, 5) is 17.6. The summed E-state index contributed by atoms with van der Waals surface area (Å²) in [6, 6.07) is 13.4. The van der Waals surface area contributed by atoms with Crippen LogP contribution in [0.4, 0.5) is 10.1 Å². The van der Waals surface area contributed by atoms with Crippen LogP contribution in [0.1, 0.15) is 22.3 Å². The molecule has 1 aliphatic heterocycles. The molecule has 0 aromatic heterocycles. The summed E-state index contributed by atoms with van der Waals surface area (Å²) >= 11 is 11.3. The second-order valence-corrected chi connectivity index (χ2v) is 10.1. The van der Waals surface area contributed by atoms with E-state index in [1.165, 1.54) is 31.0 Å². The molecule has 1 N–H and O–H groups in total. The molecule has 35 heavy (non-hydrogen) atoms. The number of hydrogen-bond acceptors (Lipinski definition) is 5. The van der Waals surface area contributed by atoms with Gasteiger partial charge in [0.2, 0.25) is 0 Å². The molecule has 5 nitrogen and oxygen atoms in total. The Balaban J connectivity index is 1.55. The Kier molecular flexibility index (Phi) is 7.84. The van der Waals surface area contributed by atoms with Crippen LogP contribution in [0.25, 0.3) is 6.08 Å². The van der Waals surface area contributed by atoms with Gasteiger partial charge in [-0.05, 0) is 90.3 Å². The molecule has 0 atom stereocenters. The number of methoxy groups -OCH3 is 1. The molecule has 1 amide bonds. The number of nitrogens with zero attached hydrogens (tertiary/aromatic N) is 1. The molecule has 1 heterocycles. The van der Waals surface area contributed by atoms with Gasteiger partial charge in [-0.2, -0.15) is 0 Å². The summed E-state index contributed by atoms with van der Waals surface area (Å²) < 4.78 is 25.7. The highest BCUT2D eigenvalue weighted by Gasteiger charge is 2.24. The van der Waals surface area contributed by atoms with Crippen LogP contribution in [0.5, 0.6) is 11.5 Å². The number of ether oxygens (including phenoxy) is 2. The summed E-state index contributed by atoms with van der Waals surface area (Å²) in [5.41, 5.74) is 4.22. The van der Waals surface area contributed by atoms with Gasteiger partial charge in [0.25, 0.3) is 5.91 Å². The van der Waals surface area contributed by atoms with Crippen molar-refractivity contribution in [1.29, 1.82) is 0 Å². The molecule has 1 aliphatic rings. The Morgan fingerprint density at radius 3 is 2.60 bits per heavy atom. The standard InChI is InChI=1S/C26H21BrClFN2O3S/c1-14-7-19(8-15(2)23(14)27)30-26-31-25(32)22(35-26)12-17-10-20(28)24(21(11-17)33-3)34-13-16-5-4-6-18(29)9-16/h4-12H,13H2,1-3H3,(H,30,31,32)/b22-12-. The molecule has 0 saturated carbocycles. The Morgan fingerprint density at radius 2 is 1.91 bits per heavy atom. The number of thioether (sulfide) groups is 1. The predicted molar refractivity (Wildman–Crippen MR) is 143 cm³/mol. The van der Waals surface area contributed by atoms with Crippen LogP contribution in [0, 0.1) is 19.7 Å². The maximum atomic E-state index is 13.4. The van der Waals surface area contributed by atoms with Crippen molar-refractivity contribution in [3.05, 3.63) is 91.0 Å². The van der Waals surface area contributed by atoms with Gasteiger partial charge in [0.1, 0.15) is 12.4 Å². The Labute approximate surface area is 220 Å². The van der Waals surface area contributed by atoms with Crippen molar-refractivity contribution in [2.45, 2.75) is 20.5 Å². The fourth-order valence-electron chi connectivity index (χ4n) is 3.48. The van der Waals surface area contributed by atoms with E-state index in [0.717, 1.165) is 21.3 Å². The molecule has 1 fully saturated rings. The van der Waals surface area contributed by atoms with Gasteiger partial charge < -0.3 is 14.8 Å². The van der Waals surface area contributed by atoms with Gasteiger partial charge in [0, 0.05) is 4.47 Å². The van der Waals surface area contributed by atoms with E-state index in [1.807, 2.05) is 26.0 Å². The van der Waals surface area contributed by atoms with Gasteiger partial charge in [-0.3, -0.25) is 4.79 Å². The number of aliphatic imine (C=N–C) groups is 1. The van der Waals surface area contributed by atoms with Crippen LogP contribution < -0.4 is 14.8 Å². The summed E-state index contributed by atoms with van der Waals surface area (Å²) in [5, 5.41) is 3.60. The van der Waals surface area contributed by atoms with E-state index in [2.05, 4.69) is 26.2 Å². The summed E-state index contributed by atoms with van der Waals surface area (Å²) in [6.07, 6.45) is 1.71. The molecule has 4 rings (SSSR count). The molecule has 9 heteroatoms. The third-order valence-electron chi connectivity index (χ3n) is 5.12. The largest absolute Gasteiger partial charge is 0.493 e. The van der Waals surface area contributed by atoms with Gasteiger partial charge in [-0.15, -0.1) is 0 Å². The number of aryl methyl sites for hydroxylation is 2. The number of rotatable bonds is 6. The molecule has 180 valence electrons. The molecule has 0 radical (unpaired) electrons. The van der Waals surface area contributed by atoms with Gasteiger partial charge in [0.05, 0.1) is 22.7 Å². The third-order valence-corrected chi connectivity index (χ3v) is 7.57. The van der Waals surface area contributed by atoms with E-state index in [4.69, 9.17) is 21.1 Å². The van der Waals surface area contributed by atoms with E-state index in [-0.39, 0.29) is 18.3 Å². The van der Waals surface area contributed by atoms with Crippen LogP contribution in [0.15, 0.2) is 62.9 Å². The second kappa shape index (κ2) is 10.8.